The number of likely N-dealkylation sites (tertiary alicyclic amines) is 1. The quantitative estimate of drug-likeness (QED) is 0.942. The van der Waals surface area contributed by atoms with Gasteiger partial charge in [0.15, 0.2) is 0 Å². The highest BCUT2D eigenvalue weighted by molar-refractivity contribution is 5.68. The molecule has 1 fully saturated rings. The van der Waals surface area contributed by atoms with Crippen LogP contribution in [-0.4, -0.2) is 27.5 Å². The van der Waals surface area contributed by atoms with Gasteiger partial charge in [0.25, 0.3) is 0 Å². The number of carbonyl (C=O) groups excluding carboxylic acids is 1. The number of carbonyl (C=O) groups is 1. The van der Waals surface area contributed by atoms with Crippen molar-refractivity contribution >= 4 is 6.09 Å². The number of aromatic amines is 1. The van der Waals surface area contributed by atoms with Gasteiger partial charge in [-0.2, -0.15) is 0 Å². The Hall–Kier alpha value is -2.30. The lowest BCUT2D eigenvalue weighted by Crippen LogP contribution is -2.31. The first-order valence-corrected chi connectivity index (χ1v) is 7.23. The molecule has 1 amide bonds. The second-order valence-electron chi connectivity index (χ2n) is 5.32. The number of amides is 1. The fourth-order valence-electron chi connectivity index (χ4n) is 2.68. The van der Waals surface area contributed by atoms with Crippen molar-refractivity contribution in [2.75, 3.05) is 6.54 Å². The van der Waals surface area contributed by atoms with Crippen molar-refractivity contribution in [3.8, 4) is 0 Å². The van der Waals surface area contributed by atoms with Gasteiger partial charge in [0.2, 0.25) is 0 Å². The predicted octanol–water partition coefficient (Wildman–Crippen LogP) is 3.19. The van der Waals surface area contributed by atoms with E-state index in [4.69, 9.17) is 4.74 Å². The largest absolute Gasteiger partial charge is 0.445 e. The summed E-state index contributed by atoms with van der Waals surface area (Å²) in [5.41, 5.74) is 1.94. The molecule has 0 spiro atoms. The van der Waals surface area contributed by atoms with E-state index in [1.54, 1.807) is 4.90 Å². The van der Waals surface area contributed by atoms with Crippen molar-refractivity contribution in [2.45, 2.75) is 32.4 Å². The maximum absolute atomic E-state index is 12.3. The summed E-state index contributed by atoms with van der Waals surface area (Å²) >= 11 is 0. The molecule has 1 N–H and O–H groups in total. The molecule has 1 saturated heterocycles. The first-order valence-electron chi connectivity index (χ1n) is 7.23. The van der Waals surface area contributed by atoms with Gasteiger partial charge in [0.1, 0.15) is 12.4 Å². The van der Waals surface area contributed by atoms with Crippen LogP contribution in [0.3, 0.4) is 0 Å². The van der Waals surface area contributed by atoms with Gasteiger partial charge >= 0.3 is 6.09 Å². The number of aryl methyl sites for hydroxylation is 1. The zero-order valence-corrected chi connectivity index (χ0v) is 12.1. The van der Waals surface area contributed by atoms with Gasteiger partial charge in [0, 0.05) is 12.7 Å². The molecular weight excluding hydrogens is 266 g/mol. The minimum atomic E-state index is -0.268. The Balaban J connectivity index is 1.63. The Morgan fingerprint density at radius 3 is 2.95 bits per heavy atom. The topological polar surface area (TPSA) is 58.2 Å². The highest BCUT2D eigenvalue weighted by Crippen LogP contribution is 2.30. The summed E-state index contributed by atoms with van der Waals surface area (Å²) < 4.78 is 5.42. The smallest absolute Gasteiger partial charge is 0.410 e. The number of H-pyrrole nitrogens is 1. The van der Waals surface area contributed by atoms with Gasteiger partial charge in [-0.05, 0) is 25.3 Å². The first-order chi connectivity index (χ1) is 10.2. The number of nitrogens with zero attached hydrogens (tertiary/aromatic N) is 2. The molecule has 3 rings (SSSR count). The molecule has 110 valence electrons. The van der Waals surface area contributed by atoms with E-state index in [9.17, 15) is 4.79 Å². The number of hydrogen-bond acceptors (Lipinski definition) is 3. The fraction of sp³-hybridized carbons (Fsp3) is 0.375. The minimum Gasteiger partial charge on any atom is -0.445 e. The molecule has 0 radical (unpaired) electrons. The summed E-state index contributed by atoms with van der Waals surface area (Å²) in [5.74, 6) is 0.849. The van der Waals surface area contributed by atoms with Crippen molar-refractivity contribution in [3.05, 3.63) is 53.6 Å². The van der Waals surface area contributed by atoms with E-state index >= 15 is 0 Å². The summed E-state index contributed by atoms with van der Waals surface area (Å²) in [6, 6.07) is 9.72. The minimum absolute atomic E-state index is 0.00183. The van der Waals surface area contributed by atoms with Gasteiger partial charge < -0.3 is 9.72 Å². The van der Waals surface area contributed by atoms with Crippen molar-refractivity contribution in [3.63, 3.8) is 0 Å². The highest BCUT2D eigenvalue weighted by Gasteiger charge is 2.32. The molecule has 1 aliphatic rings. The van der Waals surface area contributed by atoms with Crippen molar-refractivity contribution in [2.24, 2.45) is 0 Å². The lowest BCUT2D eigenvalue weighted by molar-refractivity contribution is 0.0909. The summed E-state index contributed by atoms with van der Waals surface area (Å²) in [6.07, 6.45) is 3.50. The Bertz CT molecular complexity index is 609. The summed E-state index contributed by atoms with van der Waals surface area (Å²) in [5, 5.41) is 0. The average Bonchev–Trinajstić information content (AvgIpc) is 3.14. The van der Waals surface area contributed by atoms with E-state index < -0.39 is 0 Å². The predicted molar refractivity (Wildman–Crippen MR) is 78.6 cm³/mol. The summed E-state index contributed by atoms with van der Waals surface area (Å²) in [7, 11) is 0. The second-order valence-corrected chi connectivity index (χ2v) is 5.32. The number of aromatic nitrogens is 2. The van der Waals surface area contributed by atoms with E-state index in [1.165, 1.54) is 0 Å². The molecule has 1 atom stereocenters. The Morgan fingerprint density at radius 1 is 1.43 bits per heavy atom. The molecule has 21 heavy (non-hydrogen) atoms. The molecule has 0 aliphatic carbocycles. The number of rotatable bonds is 3. The number of ether oxygens (including phenoxy) is 1. The lowest BCUT2D eigenvalue weighted by Gasteiger charge is -2.22. The zero-order valence-electron chi connectivity index (χ0n) is 12.1. The van der Waals surface area contributed by atoms with Crippen LogP contribution in [0.4, 0.5) is 4.79 Å². The summed E-state index contributed by atoms with van der Waals surface area (Å²) in [6.45, 7) is 2.96. The van der Waals surface area contributed by atoms with Gasteiger partial charge in [-0.25, -0.2) is 9.78 Å². The van der Waals surface area contributed by atoms with E-state index in [0.29, 0.717) is 6.61 Å². The molecule has 1 aromatic heterocycles. The average molecular weight is 285 g/mol. The monoisotopic (exact) mass is 285 g/mol. The van der Waals surface area contributed by atoms with Crippen LogP contribution in [0.5, 0.6) is 0 Å². The van der Waals surface area contributed by atoms with Gasteiger partial charge in [-0.3, -0.25) is 4.90 Å². The lowest BCUT2D eigenvalue weighted by atomic mass is 10.2. The molecule has 0 bridgehead atoms. The molecule has 2 heterocycles. The third-order valence-electron chi connectivity index (χ3n) is 3.73. The van der Waals surface area contributed by atoms with Gasteiger partial charge in [-0.1, -0.05) is 30.3 Å². The maximum atomic E-state index is 12.3. The van der Waals surface area contributed by atoms with Gasteiger partial charge in [0.05, 0.1) is 11.7 Å². The first kappa shape index (κ1) is 13.7. The number of benzene rings is 1. The highest BCUT2D eigenvalue weighted by atomic mass is 16.6. The number of hydrogen-bond donors (Lipinski definition) is 1. The molecule has 5 heteroatoms. The normalized spacial score (nSPS) is 18.0. The van der Waals surface area contributed by atoms with Crippen LogP contribution in [0.15, 0.2) is 36.5 Å². The molecule has 1 aromatic carbocycles. The molecule has 0 saturated carbocycles. The standard InChI is InChI=1S/C16H19N3O2/c1-12-10-17-15(18-12)14-8-5-9-19(14)16(20)21-11-13-6-3-2-4-7-13/h2-4,6-7,10,14H,5,8-9,11H2,1H3,(H,17,18)/t14-/m0/s1. The Kier molecular flexibility index (Phi) is 3.90. The van der Waals surface area contributed by atoms with E-state index in [0.717, 1.165) is 36.5 Å². The van der Waals surface area contributed by atoms with Crippen LogP contribution >= 0.6 is 0 Å². The van der Waals surface area contributed by atoms with E-state index in [-0.39, 0.29) is 12.1 Å². The fourth-order valence-corrected chi connectivity index (χ4v) is 2.68. The third-order valence-corrected chi connectivity index (χ3v) is 3.73. The Morgan fingerprint density at radius 2 is 2.24 bits per heavy atom. The number of imidazole rings is 1. The van der Waals surface area contributed by atoms with Crippen LogP contribution in [0, 0.1) is 6.92 Å². The molecule has 0 unspecified atom stereocenters. The molecule has 1 aliphatic heterocycles. The van der Waals surface area contributed by atoms with Crippen molar-refractivity contribution in [1.82, 2.24) is 14.9 Å². The second kappa shape index (κ2) is 5.99. The van der Waals surface area contributed by atoms with Crippen LogP contribution in [0.1, 0.15) is 36.0 Å². The van der Waals surface area contributed by atoms with Crippen LogP contribution in [0.25, 0.3) is 0 Å². The third kappa shape index (κ3) is 3.07. The molecule has 2 aromatic rings. The van der Waals surface area contributed by atoms with Crippen LogP contribution in [0.2, 0.25) is 0 Å². The van der Waals surface area contributed by atoms with Crippen molar-refractivity contribution < 1.29 is 9.53 Å². The van der Waals surface area contributed by atoms with E-state index in [2.05, 4.69) is 9.97 Å². The molecule has 5 nitrogen and oxygen atoms in total. The van der Waals surface area contributed by atoms with Crippen LogP contribution in [-0.2, 0) is 11.3 Å². The summed E-state index contributed by atoms with van der Waals surface area (Å²) in [4.78, 5) is 21.6. The van der Waals surface area contributed by atoms with E-state index in [1.807, 2.05) is 43.5 Å². The molecular formula is C16H19N3O2. The van der Waals surface area contributed by atoms with Gasteiger partial charge in [-0.15, -0.1) is 0 Å². The zero-order chi connectivity index (χ0) is 14.7. The SMILES string of the molecule is Cc1c[nH]c([C@@H]2CCCN2C(=O)OCc2ccccc2)n1. The van der Waals surface area contributed by atoms with Crippen LogP contribution < -0.4 is 0 Å². The van der Waals surface area contributed by atoms with Crippen molar-refractivity contribution in [1.29, 1.82) is 0 Å². The maximum Gasteiger partial charge on any atom is 0.410 e. The number of nitrogens with one attached hydrogen (secondary N) is 1. The Labute approximate surface area is 124 Å².